The third-order valence-electron chi connectivity index (χ3n) is 3.12. The molecule has 35 heavy (non-hydrogen) atoms. The standard InChI is InChI=1S/C8H11NO3S.C8H10.6C2H6.C2H4/c1-5-3-7(9)8(4-6(5)2)13(10,11)12;1-7-3-5-8(2)6-4-7;7*1-2/h3-4H,9H2,1-2H3,(H,10,11,12);3-6H,1-2H3;6*1-2H3;1-2H2. The molecule has 0 amide bonds. The predicted octanol–water partition coefficient (Wildman–Crippen LogP) is 10.4. The van der Waals surface area contributed by atoms with Crippen molar-refractivity contribution >= 4 is 15.8 Å². The zero-order valence-corrected chi connectivity index (χ0v) is 26.9. The summed E-state index contributed by atoms with van der Waals surface area (Å²) in [4.78, 5) is -0.226. The molecule has 0 saturated carbocycles. The number of rotatable bonds is 1. The summed E-state index contributed by atoms with van der Waals surface area (Å²) < 4.78 is 30.4. The minimum absolute atomic E-state index is 0.0746. The lowest BCUT2D eigenvalue weighted by Crippen LogP contribution is -2.04. The summed E-state index contributed by atoms with van der Waals surface area (Å²) in [5, 5.41) is 0. The Balaban J connectivity index is -0.0000000616. The fourth-order valence-electron chi connectivity index (χ4n) is 1.67. The van der Waals surface area contributed by atoms with E-state index in [0.717, 1.165) is 11.1 Å². The van der Waals surface area contributed by atoms with Gasteiger partial charge in [-0.25, -0.2) is 0 Å². The molecular weight excluding hydrogens is 454 g/mol. The van der Waals surface area contributed by atoms with Crippen LogP contribution in [0.4, 0.5) is 5.69 Å². The molecule has 2 rings (SSSR count). The van der Waals surface area contributed by atoms with Gasteiger partial charge in [-0.15, -0.1) is 13.2 Å². The number of benzene rings is 2. The SMILES string of the molecule is C=C.CC.CC.CC.CC.CC.CC.Cc1cc(N)c(S(=O)(=O)O)cc1C.Cc1ccc(C)cc1. The summed E-state index contributed by atoms with van der Waals surface area (Å²) in [5.74, 6) is 0. The monoisotopic (exact) mass is 515 g/mol. The largest absolute Gasteiger partial charge is 0.398 e. The molecule has 3 N–H and O–H groups in total. The van der Waals surface area contributed by atoms with Crippen LogP contribution in [0.1, 0.15) is 105 Å². The van der Waals surface area contributed by atoms with E-state index in [1.165, 1.54) is 23.3 Å². The molecule has 2 aromatic carbocycles. The minimum Gasteiger partial charge on any atom is -0.398 e. The van der Waals surface area contributed by atoms with Gasteiger partial charge >= 0.3 is 0 Å². The Kier molecular flexibility index (Phi) is 55.8. The highest BCUT2D eigenvalue weighted by molar-refractivity contribution is 7.86. The van der Waals surface area contributed by atoms with Crippen molar-refractivity contribution in [3.63, 3.8) is 0 Å². The summed E-state index contributed by atoms with van der Waals surface area (Å²) in [6.07, 6.45) is 0. The predicted molar refractivity (Wildman–Crippen MR) is 165 cm³/mol. The topological polar surface area (TPSA) is 80.4 Å². The maximum atomic E-state index is 10.8. The number of nitrogens with two attached hydrogens (primary N) is 1. The molecule has 0 aromatic heterocycles. The maximum absolute atomic E-state index is 10.8. The molecular formula is C30H61NO3S. The molecule has 0 aliphatic rings. The lowest BCUT2D eigenvalue weighted by Gasteiger charge is -2.06. The first-order chi connectivity index (χ1) is 16.6. The fraction of sp³-hybridized carbons (Fsp3) is 0.533. The van der Waals surface area contributed by atoms with Crippen LogP contribution in [0.25, 0.3) is 0 Å². The van der Waals surface area contributed by atoms with Crippen molar-refractivity contribution < 1.29 is 13.0 Å². The molecule has 0 radical (unpaired) electrons. The first-order valence-corrected chi connectivity index (χ1v) is 14.4. The molecule has 210 valence electrons. The summed E-state index contributed by atoms with van der Waals surface area (Å²) >= 11 is 0. The van der Waals surface area contributed by atoms with Crippen LogP contribution in [0, 0.1) is 27.7 Å². The molecule has 5 heteroatoms. The number of hydrogen-bond donors (Lipinski definition) is 2. The van der Waals surface area contributed by atoms with E-state index in [9.17, 15) is 8.42 Å². The Bertz CT molecular complexity index is 718. The van der Waals surface area contributed by atoms with E-state index in [1.807, 2.05) is 90.0 Å². The summed E-state index contributed by atoms with van der Waals surface area (Å²) in [7, 11) is -4.20. The number of aryl methyl sites for hydroxylation is 4. The van der Waals surface area contributed by atoms with E-state index in [-0.39, 0.29) is 10.6 Å². The zero-order valence-electron chi connectivity index (χ0n) is 26.1. The molecule has 0 unspecified atom stereocenters. The van der Waals surface area contributed by atoms with Gasteiger partial charge in [-0.1, -0.05) is 118 Å². The van der Waals surface area contributed by atoms with Gasteiger partial charge in [0.15, 0.2) is 0 Å². The second-order valence-corrected chi connectivity index (χ2v) is 6.49. The Hall–Kier alpha value is -2.11. The van der Waals surface area contributed by atoms with Crippen LogP contribution in [-0.4, -0.2) is 13.0 Å². The van der Waals surface area contributed by atoms with Crippen LogP contribution in [-0.2, 0) is 10.1 Å². The Morgan fingerprint density at radius 3 is 1.06 bits per heavy atom. The number of nitrogen functional groups attached to an aromatic ring is 1. The van der Waals surface area contributed by atoms with E-state index in [0.29, 0.717) is 0 Å². The van der Waals surface area contributed by atoms with Gasteiger partial charge in [0, 0.05) is 0 Å². The van der Waals surface area contributed by atoms with Crippen molar-refractivity contribution in [2.24, 2.45) is 0 Å². The van der Waals surface area contributed by atoms with E-state index in [4.69, 9.17) is 10.3 Å². The summed E-state index contributed by atoms with van der Waals surface area (Å²) in [6.45, 7) is 37.8. The van der Waals surface area contributed by atoms with Gasteiger partial charge in [0.05, 0.1) is 5.69 Å². The van der Waals surface area contributed by atoms with Gasteiger partial charge in [-0.05, 0) is 51.0 Å². The highest BCUT2D eigenvalue weighted by Gasteiger charge is 2.14. The van der Waals surface area contributed by atoms with Gasteiger partial charge in [0.1, 0.15) is 4.90 Å². The van der Waals surface area contributed by atoms with Crippen molar-refractivity contribution in [2.75, 3.05) is 5.73 Å². The third kappa shape index (κ3) is 31.9. The molecule has 0 bridgehead atoms. The van der Waals surface area contributed by atoms with Crippen molar-refractivity contribution in [3.8, 4) is 0 Å². The Labute approximate surface area is 221 Å². The quantitative estimate of drug-likeness (QED) is 0.225. The highest BCUT2D eigenvalue weighted by atomic mass is 32.2. The van der Waals surface area contributed by atoms with Crippen molar-refractivity contribution in [1.29, 1.82) is 0 Å². The van der Waals surface area contributed by atoms with Gasteiger partial charge < -0.3 is 5.73 Å². The smallest absolute Gasteiger partial charge is 0.296 e. The average Bonchev–Trinajstić information content (AvgIpc) is 2.91. The van der Waals surface area contributed by atoms with Crippen molar-refractivity contribution in [2.45, 2.75) is 116 Å². The van der Waals surface area contributed by atoms with Gasteiger partial charge in [0.2, 0.25) is 0 Å². The third-order valence-corrected chi connectivity index (χ3v) is 4.03. The molecule has 0 saturated heterocycles. The first kappa shape index (κ1) is 49.9. The zero-order chi connectivity index (χ0) is 30.2. The van der Waals surface area contributed by atoms with E-state index < -0.39 is 10.1 Å². The summed E-state index contributed by atoms with van der Waals surface area (Å²) in [5.41, 5.74) is 9.84. The average molecular weight is 516 g/mol. The maximum Gasteiger partial charge on any atom is 0.296 e. The number of hydrogen-bond acceptors (Lipinski definition) is 3. The second kappa shape index (κ2) is 39.1. The molecule has 4 nitrogen and oxygen atoms in total. The van der Waals surface area contributed by atoms with Crippen molar-refractivity contribution in [3.05, 3.63) is 71.8 Å². The van der Waals surface area contributed by atoms with E-state index >= 15 is 0 Å². The van der Waals surface area contributed by atoms with Gasteiger partial charge in [-0.2, -0.15) is 8.42 Å². The van der Waals surface area contributed by atoms with Crippen LogP contribution >= 0.6 is 0 Å². The molecule has 0 atom stereocenters. The second-order valence-electron chi connectivity index (χ2n) is 5.10. The molecule has 0 heterocycles. The van der Waals surface area contributed by atoms with Crippen LogP contribution < -0.4 is 5.73 Å². The van der Waals surface area contributed by atoms with Crippen LogP contribution in [0.3, 0.4) is 0 Å². The summed E-state index contributed by atoms with van der Waals surface area (Å²) in [6, 6.07) is 11.4. The Morgan fingerprint density at radius 1 is 0.600 bits per heavy atom. The Morgan fingerprint density at radius 2 is 0.829 bits per heavy atom. The lowest BCUT2D eigenvalue weighted by molar-refractivity contribution is 0.483. The molecule has 0 aliphatic carbocycles. The van der Waals surface area contributed by atoms with Gasteiger partial charge in [0.25, 0.3) is 10.1 Å². The molecule has 0 spiro atoms. The van der Waals surface area contributed by atoms with Crippen LogP contribution in [0.5, 0.6) is 0 Å². The fourth-order valence-corrected chi connectivity index (χ4v) is 2.35. The van der Waals surface area contributed by atoms with Crippen LogP contribution in [0.15, 0.2) is 54.5 Å². The lowest BCUT2D eigenvalue weighted by atomic mass is 10.1. The van der Waals surface area contributed by atoms with E-state index in [1.54, 1.807) is 6.92 Å². The van der Waals surface area contributed by atoms with Crippen LogP contribution in [0.2, 0.25) is 0 Å². The molecule has 2 aromatic rings. The molecule has 0 aliphatic heterocycles. The highest BCUT2D eigenvalue weighted by Crippen LogP contribution is 2.22. The number of anilines is 1. The van der Waals surface area contributed by atoms with Crippen molar-refractivity contribution in [1.82, 2.24) is 0 Å². The minimum atomic E-state index is -4.20. The normalized spacial score (nSPS) is 7.57. The van der Waals surface area contributed by atoms with Gasteiger partial charge in [-0.3, -0.25) is 4.55 Å². The molecule has 0 fully saturated rings. The van der Waals surface area contributed by atoms with E-state index in [2.05, 4.69) is 51.3 Å². The first-order valence-electron chi connectivity index (χ1n) is 13.0.